The van der Waals surface area contributed by atoms with E-state index in [2.05, 4.69) is 13.8 Å². The molecule has 0 bridgehead atoms. The minimum Gasteiger partial charge on any atom is -0.387 e. The van der Waals surface area contributed by atoms with Crippen molar-refractivity contribution in [1.82, 2.24) is 0 Å². The van der Waals surface area contributed by atoms with Gasteiger partial charge in [-0.15, -0.1) is 0 Å². The van der Waals surface area contributed by atoms with E-state index in [0.717, 1.165) is 38.5 Å². The van der Waals surface area contributed by atoms with E-state index in [1.807, 2.05) is 12.2 Å². The molecule has 0 saturated heterocycles. The number of hydrogen-bond donors (Lipinski definition) is 2. The predicted octanol–water partition coefficient (Wildman–Crippen LogP) is 2.68. The SMILES string of the molecule is CCCC/C=C/c1c([C@H](O)[C@@H](N)CCCC)c1=O. The summed E-state index contributed by atoms with van der Waals surface area (Å²) in [5.74, 6) is 0. The summed E-state index contributed by atoms with van der Waals surface area (Å²) in [4.78, 5) is 11.6. The third kappa shape index (κ3) is 4.07. The molecular formula is C15H25NO2. The average molecular weight is 251 g/mol. The molecule has 3 nitrogen and oxygen atoms in total. The van der Waals surface area contributed by atoms with Crippen LogP contribution in [0.15, 0.2) is 10.9 Å². The summed E-state index contributed by atoms with van der Waals surface area (Å²) in [7, 11) is 0. The molecule has 0 saturated carbocycles. The third-order valence-corrected chi connectivity index (χ3v) is 3.32. The van der Waals surface area contributed by atoms with Crippen molar-refractivity contribution in [3.8, 4) is 0 Å². The molecule has 0 aliphatic rings. The lowest BCUT2D eigenvalue weighted by Gasteiger charge is -2.14. The van der Waals surface area contributed by atoms with Gasteiger partial charge in [0.2, 0.25) is 0 Å². The molecule has 0 unspecified atom stereocenters. The zero-order valence-electron chi connectivity index (χ0n) is 11.5. The summed E-state index contributed by atoms with van der Waals surface area (Å²) in [5.41, 5.74) is 7.08. The van der Waals surface area contributed by atoms with Crippen molar-refractivity contribution in [3.05, 3.63) is 27.4 Å². The molecule has 0 aromatic heterocycles. The van der Waals surface area contributed by atoms with Gasteiger partial charge in [-0.1, -0.05) is 51.7 Å². The highest BCUT2D eigenvalue weighted by Crippen LogP contribution is 2.25. The smallest absolute Gasteiger partial charge is 0.192 e. The van der Waals surface area contributed by atoms with Crippen molar-refractivity contribution in [3.63, 3.8) is 0 Å². The monoisotopic (exact) mass is 251 g/mol. The molecule has 0 fully saturated rings. The first-order chi connectivity index (χ1) is 8.63. The average Bonchev–Trinajstić information content (AvgIpc) is 3.01. The molecule has 0 aliphatic heterocycles. The van der Waals surface area contributed by atoms with Crippen LogP contribution >= 0.6 is 0 Å². The molecule has 0 heterocycles. The van der Waals surface area contributed by atoms with Crippen LogP contribution in [0, 0.1) is 0 Å². The molecule has 18 heavy (non-hydrogen) atoms. The normalized spacial score (nSPS) is 15.6. The van der Waals surface area contributed by atoms with E-state index in [9.17, 15) is 9.90 Å². The zero-order chi connectivity index (χ0) is 13.5. The molecule has 0 aliphatic carbocycles. The Morgan fingerprint density at radius 1 is 1.28 bits per heavy atom. The summed E-state index contributed by atoms with van der Waals surface area (Å²) in [5, 5.41) is 9.99. The Kier molecular flexibility index (Phi) is 6.30. The molecular weight excluding hydrogens is 226 g/mol. The van der Waals surface area contributed by atoms with Crippen LogP contribution in [0.1, 0.15) is 69.6 Å². The number of aliphatic hydroxyl groups is 1. The van der Waals surface area contributed by atoms with Gasteiger partial charge in [0.15, 0.2) is 5.43 Å². The zero-order valence-corrected chi connectivity index (χ0v) is 11.5. The number of hydrogen-bond acceptors (Lipinski definition) is 3. The standard InChI is InChI=1S/C15H25NO2/c1-3-5-7-8-9-11-13(14(11)17)15(18)12(16)10-6-4-2/h8-9,12,15,18H,3-7,10,16H2,1-2H3/b9-8+/t12-,15+/m0/s1. The highest BCUT2D eigenvalue weighted by Gasteiger charge is 2.30. The first-order valence-corrected chi connectivity index (χ1v) is 7.02. The maximum atomic E-state index is 11.6. The fourth-order valence-corrected chi connectivity index (χ4v) is 1.99. The van der Waals surface area contributed by atoms with Crippen molar-refractivity contribution >= 4 is 6.08 Å². The number of nitrogens with two attached hydrogens (primary N) is 1. The molecule has 0 radical (unpaired) electrons. The summed E-state index contributed by atoms with van der Waals surface area (Å²) in [6, 6.07) is -0.314. The van der Waals surface area contributed by atoms with Gasteiger partial charge in [0, 0.05) is 17.2 Å². The molecule has 0 amide bonds. The Morgan fingerprint density at radius 3 is 2.56 bits per heavy atom. The fraction of sp³-hybridized carbons (Fsp3) is 0.667. The van der Waals surface area contributed by atoms with Gasteiger partial charge in [0.25, 0.3) is 0 Å². The van der Waals surface area contributed by atoms with Crippen LogP contribution in [0.4, 0.5) is 0 Å². The summed E-state index contributed by atoms with van der Waals surface area (Å²) in [6.45, 7) is 4.22. The molecule has 1 aromatic rings. The second-order valence-electron chi connectivity index (χ2n) is 4.95. The molecule has 1 aromatic carbocycles. The van der Waals surface area contributed by atoms with Crippen LogP contribution in [0.5, 0.6) is 0 Å². The van der Waals surface area contributed by atoms with Crippen molar-refractivity contribution < 1.29 is 5.11 Å². The lowest BCUT2D eigenvalue weighted by molar-refractivity contribution is 0.144. The van der Waals surface area contributed by atoms with Gasteiger partial charge >= 0.3 is 0 Å². The minimum absolute atomic E-state index is 0.0119. The molecule has 2 atom stereocenters. The highest BCUT2D eigenvalue weighted by atomic mass is 16.3. The summed E-state index contributed by atoms with van der Waals surface area (Å²) in [6.07, 6.45) is 9.13. The van der Waals surface area contributed by atoms with Gasteiger partial charge in [-0.2, -0.15) is 0 Å². The molecule has 1 rings (SSSR count). The largest absolute Gasteiger partial charge is 0.387 e. The van der Waals surface area contributed by atoms with Crippen LogP contribution in [-0.4, -0.2) is 11.1 Å². The number of rotatable bonds is 9. The van der Waals surface area contributed by atoms with E-state index in [0.29, 0.717) is 11.1 Å². The number of unbranched alkanes of at least 4 members (excludes halogenated alkanes) is 3. The van der Waals surface area contributed by atoms with E-state index in [1.165, 1.54) is 0 Å². The van der Waals surface area contributed by atoms with Crippen molar-refractivity contribution in [2.24, 2.45) is 5.73 Å². The third-order valence-electron chi connectivity index (χ3n) is 3.32. The molecule has 102 valence electrons. The van der Waals surface area contributed by atoms with Gasteiger partial charge in [-0.3, -0.25) is 4.79 Å². The van der Waals surface area contributed by atoms with E-state index in [4.69, 9.17) is 5.73 Å². The van der Waals surface area contributed by atoms with E-state index in [1.54, 1.807) is 0 Å². The highest BCUT2D eigenvalue weighted by molar-refractivity contribution is 5.63. The van der Waals surface area contributed by atoms with E-state index < -0.39 is 6.10 Å². The van der Waals surface area contributed by atoms with E-state index >= 15 is 0 Å². The lowest BCUT2D eigenvalue weighted by atomic mass is 10.0. The van der Waals surface area contributed by atoms with Gasteiger partial charge in [-0.25, -0.2) is 0 Å². The van der Waals surface area contributed by atoms with Crippen LogP contribution in [0.2, 0.25) is 0 Å². The Morgan fingerprint density at radius 2 is 1.94 bits per heavy atom. The first kappa shape index (κ1) is 15.1. The van der Waals surface area contributed by atoms with Crippen molar-refractivity contribution in [2.45, 2.75) is 64.5 Å². The lowest BCUT2D eigenvalue weighted by Crippen LogP contribution is -2.27. The molecule has 3 heteroatoms. The Balaban J connectivity index is 2.48. The predicted molar refractivity (Wildman–Crippen MR) is 76.1 cm³/mol. The van der Waals surface area contributed by atoms with Gasteiger partial charge in [0.05, 0.1) is 6.10 Å². The van der Waals surface area contributed by atoms with Crippen LogP contribution in [-0.2, 0) is 0 Å². The van der Waals surface area contributed by atoms with Crippen LogP contribution in [0.25, 0.3) is 6.08 Å². The first-order valence-electron chi connectivity index (χ1n) is 7.02. The van der Waals surface area contributed by atoms with Crippen molar-refractivity contribution in [2.75, 3.05) is 0 Å². The Hall–Kier alpha value is -0.930. The summed E-state index contributed by atoms with van der Waals surface area (Å²) >= 11 is 0. The second-order valence-corrected chi connectivity index (χ2v) is 4.95. The van der Waals surface area contributed by atoms with Crippen LogP contribution in [0.3, 0.4) is 0 Å². The molecule has 3 N–H and O–H groups in total. The van der Waals surface area contributed by atoms with E-state index in [-0.39, 0.29) is 11.5 Å². The topological polar surface area (TPSA) is 63.3 Å². The van der Waals surface area contributed by atoms with Gasteiger partial charge in [-0.05, 0) is 12.8 Å². The van der Waals surface area contributed by atoms with Crippen molar-refractivity contribution in [1.29, 1.82) is 0 Å². The quantitative estimate of drug-likeness (QED) is 0.663. The molecule has 0 spiro atoms. The number of aliphatic hydroxyl groups excluding tert-OH is 1. The second kappa shape index (κ2) is 7.49. The maximum absolute atomic E-state index is 11.6. The van der Waals surface area contributed by atoms with Crippen LogP contribution < -0.4 is 11.2 Å². The summed E-state index contributed by atoms with van der Waals surface area (Å²) < 4.78 is 0. The Labute approximate surface area is 109 Å². The maximum Gasteiger partial charge on any atom is 0.192 e. The Bertz CT molecular complexity index is 388. The van der Waals surface area contributed by atoms with Gasteiger partial charge in [0.1, 0.15) is 0 Å². The number of allylic oxidation sites excluding steroid dienone is 1. The minimum atomic E-state index is -0.783. The van der Waals surface area contributed by atoms with Gasteiger partial charge < -0.3 is 10.8 Å². The fourth-order valence-electron chi connectivity index (χ4n) is 1.99.